The summed E-state index contributed by atoms with van der Waals surface area (Å²) >= 11 is 6.03. The van der Waals surface area contributed by atoms with Gasteiger partial charge in [0.15, 0.2) is 0 Å². The number of halogens is 1. The van der Waals surface area contributed by atoms with Crippen LogP contribution in [0.5, 0.6) is 0 Å². The normalized spacial score (nSPS) is 19.3. The fourth-order valence-corrected chi connectivity index (χ4v) is 3.16. The van der Waals surface area contributed by atoms with Gasteiger partial charge in [-0.25, -0.2) is 5.84 Å². The first-order valence-electron chi connectivity index (χ1n) is 9.22. The molecule has 6 N–H and O–H groups in total. The highest BCUT2D eigenvalue weighted by Crippen LogP contribution is 2.23. The van der Waals surface area contributed by atoms with E-state index < -0.39 is 5.91 Å². The molecule has 1 aromatic rings. The zero-order valence-electron chi connectivity index (χ0n) is 16.1. The maximum atomic E-state index is 12.1. The lowest BCUT2D eigenvalue weighted by Gasteiger charge is -2.26. The molecule has 0 aliphatic heterocycles. The minimum atomic E-state index is -0.415. The largest absolute Gasteiger partial charge is 0.352 e. The van der Waals surface area contributed by atoms with E-state index in [0.29, 0.717) is 16.3 Å². The van der Waals surface area contributed by atoms with E-state index in [2.05, 4.69) is 27.6 Å². The van der Waals surface area contributed by atoms with Crippen LogP contribution in [0.25, 0.3) is 6.08 Å². The van der Waals surface area contributed by atoms with Crippen LogP contribution in [-0.2, 0) is 9.59 Å². The molecule has 9 nitrogen and oxygen atoms in total. The molecule has 2 rings (SSSR count). The van der Waals surface area contributed by atoms with Crippen LogP contribution >= 0.6 is 11.6 Å². The fourth-order valence-electron chi connectivity index (χ4n) is 2.98. The first-order chi connectivity index (χ1) is 13.9. The molecule has 1 aromatic carbocycles. The van der Waals surface area contributed by atoms with Crippen LogP contribution in [0, 0.1) is 0 Å². The average molecular weight is 420 g/mol. The van der Waals surface area contributed by atoms with E-state index in [9.17, 15) is 9.59 Å². The monoisotopic (exact) mass is 419 g/mol. The highest BCUT2D eigenvalue weighted by atomic mass is 35.5. The van der Waals surface area contributed by atoms with Gasteiger partial charge in [-0.2, -0.15) is 5.10 Å². The molecule has 1 aliphatic rings. The molecule has 1 aliphatic carbocycles. The Hall–Kier alpha value is -2.75. The predicted molar refractivity (Wildman–Crippen MR) is 117 cm³/mol. The van der Waals surface area contributed by atoms with Gasteiger partial charge < -0.3 is 16.4 Å². The molecule has 0 unspecified atom stereocenters. The molecule has 0 saturated heterocycles. The Balaban J connectivity index is 1.89. The summed E-state index contributed by atoms with van der Waals surface area (Å²) in [6, 6.07) is 5.32. The summed E-state index contributed by atoms with van der Waals surface area (Å²) in [6.07, 6.45) is 7.64. The van der Waals surface area contributed by atoms with Crippen molar-refractivity contribution in [1.82, 2.24) is 10.6 Å². The molecule has 156 valence electrons. The SMILES string of the molecule is C=N/N=C\N(N)c1ccc(Cl)cc1/C=C/C(=O)NCC(=O)NC1CCC(N)CC1. The van der Waals surface area contributed by atoms with Crippen LogP contribution in [0.15, 0.2) is 34.5 Å². The number of hydrazine groups is 1. The number of nitrogens with one attached hydrogen (secondary N) is 2. The van der Waals surface area contributed by atoms with E-state index >= 15 is 0 Å². The lowest BCUT2D eigenvalue weighted by Crippen LogP contribution is -2.44. The van der Waals surface area contributed by atoms with Crippen LogP contribution < -0.4 is 27.2 Å². The third-order valence-corrected chi connectivity index (χ3v) is 4.73. The van der Waals surface area contributed by atoms with Gasteiger partial charge in [0.2, 0.25) is 11.8 Å². The molecule has 0 aromatic heterocycles. The summed E-state index contributed by atoms with van der Waals surface area (Å²) in [5.74, 6) is 5.25. The molecule has 0 atom stereocenters. The van der Waals surface area contributed by atoms with Gasteiger partial charge in [-0.3, -0.25) is 14.6 Å². The Bertz CT molecular complexity index is 789. The van der Waals surface area contributed by atoms with E-state index in [1.165, 1.54) is 17.4 Å². The highest BCUT2D eigenvalue weighted by molar-refractivity contribution is 6.30. The Morgan fingerprint density at radius 1 is 1.31 bits per heavy atom. The van der Waals surface area contributed by atoms with E-state index in [0.717, 1.165) is 25.7 Å². The second kappa shape index (κ2) is 11.3. The third-order valence-electron chi connectivity index (χ3n) is 4.50. The number of amides is 2. The van der Waals surface area contributed by atoms with Crippen molar-refractivity contribution < 1.29 is 9.59 Å². The number of carbonyl (C=O) groups is 2. The van der Waals surface area contributed by atoms with E-state index in [-0.39, 0.29) is 24.5 Å². The zero-order chi connectivity index (χ0) is 21.2. The summed E-state index contributed by atoms with van der Waals surface area (Å²) < 4.78 is 0. The van der Waals surface area contributed by atoms with Crippen molar-refractivity contribution in [1.29, 1.82) is 0 Å². The number of rotatable bonds is 8. The number of nitrogens with zero attached hydrogens (tertiary/aromatic N) is 3. The molecule has 0 heterocycles. The van der Waals surface area contributed by atoms with Gasteiger partial charge in [-0.15, -0.1) is 5.10 Å². The van der Waals surface area contributed by atoms with Crippen molar-refractivity contribution >= 4 is 48.2 Å². The summed E-state index contributed by atoms with van der Waals surface area (Å²) in [5, 5.41) is 14.1. The van der Waals surface area contributed by atoms with E-state index in [1.54, 1.807) is 24.3 Å². The van der Waals surface area contributed by atoms with Crippen LogP contribution in [0.4, 0.5) is 5.69 Å². The van der Waals surface area contributed by atoms with Crippen molar-refractivity contribution in [2.24, 2.45) is 21.8 Å². The van der Waals surface area contributed by atoms with Crippen molar-refractivity contribution in [2.75, 3.05) is 11.6 Å². The van der Waals surface area contributed by atoms with Gasteiger partial charge in [0.1, 0.15) is 6.34 Å². The Morgan fingerprint density at radius 2 is 2.03 bits per heavy atom. The Kier molecular flexibility index (Phi) is 8.78. The van der Waals surface area contributed by atoms with Crippen LogP contribution in [0.3, 0.4) is 0 Å². The number of hydrogen-bond donors (Lipinski definition) is 4. The molecular weight excluding hydrogens is 394 g/mol. The number of carbonyl (C=O) groups excluding carboxylic acids is 2. The minimum Gasteiger partial charge on any atom is -0.352 e. The number of benzene rings is 1. The van der Waals surface area contributed by atoms with Crippen LogP contribution in [0.2, 0.25) is 5.02 Å². The van der Waals surface area contributed by atoms with Gasteiger partial charge in [0.05, 0.1) is 12.2 Å². The molecule has 0 bridgehead atoms. The molecule has 2 amide bonds. The van der Waals surface area contributed by atoms with Crippen molar-refractivity contribution in [3.63, 3.8) is 0 Å². The van der Waals surface area contributed by atoms with Gasteiger partial charge >= 0.3 is 0 Å². The molecule has 29 heavy (non-hydrogen) atoms. The molecule has 1 saturated carbocycles. The van der Waals surface area contributed by atoms with Crippen molar-refractivity contribution in [3.05, 3.63) is 34.9 Å². The average Bonchev–Trinajstić information content (AvgIpc) is 2.70. The van der Waals surface area contributed by atoms with E-state index in [4.69, 9.17) is 23.2 Å². The smallest absolute Gasteiger partial charge is 0.244 e. The van der Waals surface area contributed by atoms with Crippen LogP contribution in [-0.4, -0.2) is 43.5 Å². The molecule has 0 radical (unpaired) electrons. The van der Waals surface area contributed by atoms with Crippen molar-refractivity contribution in [2.45, 2.75) is 37.8 Å². The summed E-state index contributed by atoms with van der Waals surface area (Å²) in [7, 11) is 0. The molecule has 10 heteroatoms. The predicted octanol–water partition coefficient (Wildman–Crippen LogP) is 1.18. The van der Waals surface area contributed by atoms with Gasteiger partial charge in [-0.05, 0) is 50.0 Å². The molecule has 1 fully saturated rings. The number of nitrogens with two attached hydrogens (primary N) is 2. The topological polar surface area (TPSA) is 138 Å². The quantitative estimate of drug-likeness (QED) is 0.165. The first kappa shape index (κ1) is 22.5. The van der Waals surface area contributed by atoms with Gasteiger partial charge in [0, 0.05) is 35.5 Å². The second-order valence-corrected chi connectivity index (χ2v) is 7.15. The lowest BCUT2D eigenvalue weighted by atomic mass is 9.92. The lowest BCUT2D eigenvalue weighted by molar-refractivity contribution is -0.124. The van der Waals surface area contributed by atoms with Gasteiger partial charge in [-0.1, -0.05) is 11.6 Å². The zero-order valence-corrected chi connectivity index (χ0v) is 16.8. The Morgan fingerprint density at radius 3 is 2.72 bits per heavy atom. The minimum absolute atomic E-state index is 0.102. The number of anilines is 1. The third kappa shape index (κ3) is 7.65. The first-order valence-corrected chi connectivity index (χ1v) is 9.60. The summed E-state index contributed by atoms with van der Waals surface area (Å²) in [4.78, 5) is 24.1. The molecule has 0 spiro atoms. The maximum absolute atomic E-state index is 12.1. The Labute approximate surface area is 174 Å². The second-order valence-electron chi connectivity index (χ2n) is 6.71. The van der Waals surface area contributed by atoms with Gasteiger partial charge in [0.25, 0.3) is 0 Å². The van der Waals surface area contributed by atoms with E-state index in [1.807, 2.05) is 0 Å². The maximum Gasteiger partial charge on any atom is 0.244 e. The standard InChI is InChI=1S/C19H26ClN7O2/c1-23-25-12-27(22)17-8-3-14(20)10-13(17)2-9-18(28)24-11-19(29)26-16-6-4-15(21)5-7-16/h2-3,8-10,12,15-16H,1,4-7,11,21-22H2,(H,24,28)(H,26,29)/b9-2+,25-12-. The molecular formula is C19H26ClN7O2. The summed E-state index contributed by atoms with van der Waals surface area (Å²) in [6.45, 7) is 3.14. The summed E-state index contributed by atoms with van der Waals surface area (Å²) in [5.41, 5.74) is 7.00. The highest BCUT2D eigenvalue weighted by Gasteiger charge is 2.19. The van der Waals surface area contributed by atoms with Crippen molar-refractivity contribution in [3.8, 4) is 0 Å². The van der Waals surface area contributed by atoms with Crippen LogP contribution in [0.1, 0.15) is 31.2 Å². The number of hydrogen-bond acceptors (Lipinski definition) is 6. The fraction of sp³-hybridized carbons (Fsp3) is 0.368.